The summed E-state index contributed by atoms with van der Waals surface area (Å²) >= 11 is 17.9. The first-order valence-corrected chi connectivity index (χ1v) is 7.62. The van der Waals surface area contributed by atoms with Crippen LogP contribution in [0.3, 0.4) is 0 Å². The third-order valence-corrected chi connectivity index (χ3v) is 3.91. The van der Waals surface area contributed by atoms with Crippen molar-refractivity contribution in [2.75, 3.05) is 14.2 Å². The van der Waals surface area contributed by atoms with Gasteiger partial charge < -0.3 is 14.2 Å². The van der Waals surface area contributed by atoms with Crippen molar-refractivity contribution >= 4 is 40.8 Å². The highest BCUT2D eigenvalue weighted by Crippen LogP contribution is 2.36. The summed E-state index contributed by atoms with van der Waals surface area (Å²) in [5.74, 6) is 0.141. The molecule has 0 fully saturated rings. The van der Waals surface area contributed by atoms with Crippen LogP contribution in [-0.2, 0) is 11.3 Å². The maximum Gasteiger partial charge on any atom is 0.338 e. The molecule has 0 unspecified atom stereocenters. The number of halogens is 3. The van der Waals surface area contributed by atoms with Crippen LogP contribution in [0.2, 0.25) is 15.1 Å². The van der Waals surface area contributed by atoms with Gasteiger partial charge >= 0.3 is 5.97 Å². The van der Waals surface area contributed by atoms with Crippen LogP contribution in [0.25, 0.3) is 0 Å². The fourth-order valence-corrected chi connectivity index (χ4v) is 2.65. The van der Waals surface area contributed by atoms with Crippen LogP contribution in [0.15, 0.2) is 30.3 Å². The smallest absolute Gasteiger partial charge is 0.338 e. The first-order chi connectivity index (χ1) is 11.0. The van der Waals surface area contributed by atoms with Gasteiger partial charge in [-0.25, -0.2) is 4.79 Å². The average Bonchev–Trinajstić information content (AvgIpc) is 2.52. The van der Waals surface area contributed by atoms with Gasteiger partial charge in [-0.1, -0.05) is 40.9 Å². The summed E-state index contributed by atoms with van der Waals surface area (Å²) in [5.41, 5.74) is 0.897. The van der Waals surface area contributed by atoms with Crippen molar-refractivity contribution in [3.05, 3.63) is 56.5 Å². The molecule has 0 aliphatic carbocycles. The molecule has 0 aliphatic heterocycles. The molecule has 0 saturated heterocycles. The molecule has 2 aromatic carbocycles. The van der Waals surface area contributed by atoms with Crippen LogP contribution >= 0.6 is 34.8 Å². The predicted octanol–water partition coefficient (Wildman–Crippen LogP) is 5.02. The van der Waals surface area contributed by atoms with E-state index in [0.717, 1.165) is 0 Å². The zero-order valence-corrected chi connectivity index (χ0v) is 14.6. The third-order valence-electron chi connectivity index (χ3n) is 3.04. The molecular weight excluding hydrogens is 363 g/mol. The van der Waals surface area contributed by atoms with E-state index in [9.17, 15) is 4.79 Å². The Kier molecular flexibility index (Phi) is 5.99. The monoisotopic (exact) mass is 374 g/mol. The van der Waals surface area contributed by atoms with Gasteiger partial charge in [0.15, 0.2) is 11.5 Å². The normalized spacial score (nSPS) is 10.3. The second-order valence-electron chi connectivity index (χ2n) is 4.51. The fourth-order valence-electron chi connectivity index (χ4n) is 1.90. The van der Waals surface area contributed by atoms with Crippen LogP contribution in [-0.4, -0.2) is 20.2 Å². The van der Waals surface area contributed by atoms with Gasteiger partial charge in [-0.2, -0.15) is 0 Å². The largest absolute Gasteiger partial charge is 0.493 e. The molecule has 0 saturated carbocycles. The van der Waals surface area contributed by atoms with Crippen molar-refractivity contribution in [3.63, 3.8) is 0 Å². The van der Waals surface area contributed by atoms with Gasteiger partial charge in [-0.15, -0.1) is 0 Å². The lowest BCUT2D eigenvalue weighted by atomic mass is 10.2. The second-order valence-corrected chi connectivity index (χ2v) is 5.76. The highest BCUT2D eigenvalue weighted by molar-refractivity contribution is 6.35. The Bertz CT molecular complexity index is 732. The fraction of sp³-hybridized carbons (Fsp3) is 0.188. The minimum absolute atomic E-state index is 0.0147. The standard InChI is InChI=1S/C16H13Cl3O4/c1-21-14-6-10(5-13(19)15(14)22-2)16(20)23-8-9-3-4-11(17)7-12(9)18/h3-7H,8H2,1-2H3. The van der Waals surface area contributed by atoms with E-state index >= 15 is 0 Å². The molecule has 0 radical (unpaired) electrons. The van der Waals surface area contributed by atoms with Crippen molar-refractivity contribution < 1.29 is 19.0 Å². The van der Waals surface area contributed by atoms with E-state index in [2.05, 4.69) is 0 Å². The number of carbonyl (C=O) groups is 1. The summed E-state index contributed by atoms with van der Waals surface area (Å²) < 4.78 is 15.5. The first kappa shape index (κ1) is 17.7. The molecule has 0 aromatic heterocycles. The van der Waals surface area contributed by atoms with Gasteiger partial charge in [-0.05, 0) is 24.3 Å². The molecule has 0 amide bonds. The van der Waals surface area contributed by atoms with Gasteiger partial charge in [0.2, 0.25) is 0 Å². The van der Waals surface area contributed by atoms with Crippen molar-refractivity contribution in [2.45, 2.75) is 6.61 Å². The van der Waals surface area contributed by atoms with E-state index in [-0.39, 0.29) is 17.2 Å². The number of carbonyl (C=O) groups excluding carboxylic acids is 1. The van der Waals surface area contributed by atoms with Gasteiger partial charge in [-0.3, -0.25) is 0 Å². The Morgan fingerprint density at radius 3 is 2.35 bits per heavy atom. The number of hydrogen-bond acceptors (Lipinski definition) is 4. The molecule has 2 aromatic rings. The molecule has 122 valence electrons. The highest BCUT2D eigenvalue weighted by atomic mass is 35.5. The summed E-state index contributed by atoms with van der Waals surface area (Å²) in [6, 6.07) is 7.90. The second kappa shape index (κ2) is 7.77. The molecule has 0 heterocycles. The van der Waals surface area contributed by atoms with E-state index in [1.54, 1.807) is 18.2 Å². The Morgan fingerprint density at radius 1 is 1.00 bits per heavy atom. The summed E-state index contributed by atoms with van der Waals surface area (Å²) in [6.07, 6.45) is 0. The molecule has 0 N–H and O–H groups in total. The van der Waals surface area contributed by atoms with Crippen molar-refractivity contribution in [1.82, 2.24) is 0 Å². The molecule has 0 bridgehead atoms. The summed E-state index contributed by atoms with van der Waals surface area (Å²) in [4.78, 5) is 12.2. The summed E-state index contributed by atoms with van der Waals surface area (Å²) in [6.45, 7) is 0.0147. The van der Waals surface area contributed by atoms with E-state index < -0.39 is 5.97 Å². The van der Waals surface area contributed by atoms with Crippen LogP contribution in [0.4, 0.5) is 0 Å². The Labute approximate surface area is 148 Å². The number of esters is 1. The quantitative estimate of drug-likeness (QED) is 0.688. The van der Waals surface area contributed by atoms with E-state index in [1.165, 1.54) is 26.4 Å². The molecular formula is C16H13Cl3O4. The maximum absolute atomic E-state index is 12.2. The Morgan fingerprint density at radius 2 is 1.74 bits per heavy atom. The van der Waals surface area contributed by atoms with Crippen LogP contribution in [0.5, 0.6) is 11.5 Å². The van der Waals surface area contributed by atoms with Crippen molar-refractivity contribution in [3.8, 4) is 11.5 Å². The molecule has 4 nitrogen and oxygen atoms in total. The SMILES string of the molecule is COc1cc(C(=O)OCc2ccc(Cl)cc2Cl)cc(Cl)c1OC. The number of ether oxygens (including phenoxy) is 3. The first-order valence-electron chi connectivity index (χ1n) is 6.48. The lowest BCUT2D eigenvalue weighted by Crippen LogP contribution is -2.06. The molecule has 23 heavy (non-hydrogen) atoms. The van der Waals surface area contributed by atoms with Gasteiger partial charge in [0.25, 0.3) is 0 Å². The third kappa shape index (κ3) is 4.22. The van der Waals surface area contributed by atoms with Gasteiger partial charge in [0.05, 0.1) is 24.8 Å². The molecule has 0 aliphatic rings. The van der Waals surface area contributed by atoms with E-state index in [1.807, 2.05) is 0 Å². The lowest BCUT2D eigenvalue weighted by Gasteiger charge is -2.12. The Hall–Kier alpha value is -1.62. The minimum atomic E-state index is -0.557. The Balaban J connectivity index is 2.16. The van der Waals surface area contributed by atoms with E-state index in [4.69, 9.17) is 49.0 Å². The highest BCUT2D eigenvalue weighted by Gasteiger charge is 2.16. The number of hydrogen-bond donors (Lipinski definition) is 0. The molecule has 7 heteroatoms. The predicted molar refractivity (Wildman–Crippen MR) is 90.1 cm³/mol. The zero-order valence-electron chi connectivity index (χ0n) is 12.4. The topological polar surface area (TPSA) is 44.8 Å². The van der Waals surface area contributed by atoms with E-state index in [0.29, 0.717) is 27.1 Å². The van der Waals surface area contributed by atoms with Crippen molar-refractivity contribution in [2.24, 2.45) is 0 Å². The number of rotatable bonds is 5. The van der Waals surface area contributed by atoms with Gasteiger partial charge in [0, 0.05) is 15.6 Å². The maximum atomic E-state index is 12.2. The average molecular weight is 376 g/mol. The zero-order chi connectivity index (χ0) is 17.0. The van der Waals surface area contributed by atoms with Crippen LogP contribution in [0, 0.1) is 0 Å². The lowest BCUT2D eigenvalue weighted by molar-refractivity contribution is 0.0472. The minimum Gasteiger partial charge on any atom is -0.493 e. The number of benzene rings is 2. The molecule has 2 rings (SSSR count). The number of methoxy groups -OCH3 is 2. The van der Waals surface area contributed by atoms with Crippen LogP contribution in [0.1, 0.15) is 15.9 Å². The van der Waals surface area contributed by atoms with Crippen molar-refractivity contribution in [1.29, 1.82) is 0 Å². The summed E-state index contributed by atoms with van der Waals surface area (Å²) in [7, 11) is 2.92. The molecule has 0 atom stereocenters. The van der Waals surface area contributed by atoms with Gasteiger partial charge in [0.1, 0.15) is 6.61 Å². The van der Waals surface area contributed by atoms with Crippen LogP contribution < -0.4 is 9.47 Å². The summed E-state index contributed by atoms with van der Waals surface area (Å²) in [5, 5.41) is 1.19. The molecule has 0 spiro atoms.